The molecule has 5 aromatic rings. The van der Waals surface area contributed by atoms with Crippen LogP contribution in [0.15, 0.2) is 79.0 Å². The Balaban J connectivity index is 1.33. The molecule has 0 saturated heterocycles. The highest BCUT2D eigenvalue weighted by atomic mass is 32.1. The number of rotatable bonds is 7. The summed E-state index contributed by atoms with van der Waals surface area (Å²) in [6, 6.07) is 21.7. The van der Waals surface area contributed by atoms with Crippen LogP contribution in [-0.4, -0.2) is 32.5 Å². The molecule has 10 heteroatoms. The SMILES string of the molecule is Cn1cccc1C(=O)Nc1ccccc1C(=O)Nc1[nH]nc2sc(C(=O)NC(C)(C)c3ccccc3)cc12. The second-order valence-electron chi connectivity index (χ2n) is 9.33. The fourth-order valence-corrected chi connectivity index (χ4v) is 5.04. The van der Waals surface area contributed by atoms with Crippen molar-refractivity contribution < 1.29 is 14.4 Å². The minimum absolute atomic E-state index is 0.229. The van der Waals surface area contributed by atoms with Gasteiger partial charge in [0.15, 0.2) is 0 Å². The summed E-state index contributed by atoms with van der Waals surface area (Å²) in [4.78, 5) is 40.0. The monoisotopic (exact) mass is 526 g/mol. The van der Waals surface area contributed by atoms with E-state index < -0.39 is 11.4 Å². The van der Waals surface area contributed by atoms with Crippen LogP contribution >= 0.6 is 11.3 Å². The summed E-state index contributed by atoms with van der Waals surface area (Å²) in [5.41, 5.74) is 1.54. The molecule has 0 atom stereocenters. The van der Waals surface area contributed by atoms with Crippen LogP contribution in [0, 0.1) is 0 Å². The van der Waals surface area contributed by atoms with Crippen LogP contribution in [0.2, 0.25) is 0 Å². The quantitative estimate of drug-likeness (QED) is 0.235. The molecule has 4 N–H and O–H groups in total. The van der Waals surface area contributed by atoms with Crippen molar-refractivity contribution in [3.05, 3.63) is 101 Å². The van der Waals surface area contributed by atoms with Gasteiger partial charge in [-0.05, 0) is 49.7 Å². The Hall–Kier alpha value is -4.70. The number of thiophene rings is 1. The van der Waals surface area contributed by atoms with E-state index in [0.29, 0.717) is 32.3 Å². The molecule has 0 spiro atoms. The van der Waals surface area contributed by atoms with Crippen molar-refractivity contribution in [3.8, 4) is 0 Å². The minimum atomic E-state index is -0.573. The number of hydrogen-bond acceptors (Lipinski definition) is 5. The van der Waals surface area contributed by atoms with Gasteiger partial charge in [-0.25, -0.2) is 0 Å². The topological polar surface area (TPSA) is 121 Å². The maximum atomic E-state index is 13.2. The number of carbonyl (C=O) groups is 3. The van der Waals surface area contributed by atoms with Crippen LogP contribution in [-0.2, 0) is 12.6 Å². The lowest BCUT2D eigenvalue weighted by Gasteiger charge is -2.26. The molecule has 0 fully saturated rings. The van der Waals surface area contributed by atoms with Gasteiger partial charge in [0.1, 0.15) is 16.3 Å². The van der Waals surface area contributed by atoms with E-state index in [-0.39, 0.29) is 17.4 Å². The van der Waals surface area contributed by atoms with Crippen LogP contribution in [0.4, 0.5) is 11.5 Å². The van der Waals surface area contributed by atoms with Crippen LogP contribution < -0.4 is 16.0 Å². The molecule has 9 nitrogen and oxygen atoms in total. The highest BCUT2D eigenvalue weighted by Crippen LogP contribution is 2.31. The predicted molar refractivity (Wildman–Crippen MR) is 149 cm³/mol. The lowest BCUT2D eigenvalue weighted by atomic mass is 9.94. The zero-order valence-electron chi connectivity index (χ0n) is 21.0. The van der Waals surface area contributed by atoms with Crippen molar-refractivity contribution in [1.82, 2.24) is 20.1 Å². The summed E-state index contributed by atoms with van der Waals surface area (Å²) >= 11 is 1.23. The fraction of sp³-hybridized carbons (Fsp3) is 0.143. The second kappa shape index (κ2) is 9.98. The standard InChI is InChI=1S/C28H26N6O3S/c1-28(2,17-10-5-4-6-11-17)31-26(37)22-16-19-23(32-33-27(19)38-22)30-24(35)18-12-7-8-13-20(18)29-25(36)21-14-9-15-34(21)3/h4-16H,1-3H3,(H,29,36)(H,31,37)(H2,30,32,33,35). The molecule has 0 aliphatic carbocycles. The Bertz CT molecular complexity index is 1650. The fourth-order valence-electron chi connectivity index (χ4n) is 4.14. The smallest absolute Gasteiger partial charge is 0.272 e. The summed E-state index contributed by atoms with van der Waals surface area (Å²) in [6.45, 7) is 3.89. The Morgan fingerprint density at radius 2 is 1.63 bits per heavy atom. The number of carbonyl (C=O) groups excluding carboxylic acids is 3. The first-order chi connectivity index (χ1) is 18.2. The summed E-state index contributed by atoms with van der Waals surface area (Å²) in [5, 5.41) is 16.4. The van der Waals surface area contributed by atoms with E-state index in [1.807, 2.05) is 44.2 Å². The molecule has 0 saturated carbocycles. The molecule has 192 valence electrons. The van der Waals surface area contributed by atoms with Crippen LogP contribution in [0.25, 0.3) is 10.2 Å². The van der Waals surface area contributed by atoms with E-state index in [0.717, 1.165) is 5.56 Å². The average Bonchev–Trinajstić information content (AvgIpc) is 3.62. The number of H-pyrrole nitrogens is 1. The Morgan fingerprint density at radius 3 is 2.37 bits per heavy atom. The van der Waals surface area contributed by atoms with E-state index in [1.54, 1.807) is 60.3 Å². The number of aromatic amines is 1. The van der Waals surface area contributed by atoms with Gasteiger partial charge in [-0.3, -0.25) is 19.5 Å². The maximum Gasteiger partial charge on any atom is 0.272 e. The van der Waals surface area contributed by atoms with Crippen LogP contribution in [0.5, 0.6) is 0 Å². The molecule has 0 aliphatic heterocycles. The Labute approximate surface area is 222 Å². The number of nitrogens with one attached hydrogen (secondary N) is 4. The molecule has 3 aromatic heterocycles. The number of benzene rings is 2. The number of hydrogen-bond donors (Lipinski definition) is 4. The first-order valence-electron chi connectivity index (χ1n) is 11.9. The number of anilines is 2. The normalized spacial score (nSPS) is 11.3. The van der Waals surface area contributed by atoms with Gasteiger partial charge in [0, 0.05) is 13.2 Å². The highest BCUT2D eigenvalue weighted by Gasteiger charge is 2.25. The summed E-state index contributed by atoms with van der Waals surface area (Å²) in [7, 11) is 1.77. The molecule has 0 unspecified atom stereocenters. The van der Waals surface area contributed by atoms with E-state index in [9.17, 15) is 14.4 Å². The molecule has 3 heterocycles. The lowest BCUT2D eigenvalue weighted by Crippen LogP contribution is -2.40. The zero-order valence-corrected chi connectivity index (χ0v) is 21.8. The molecule has 38 heavy (non-hydrogen) atoms. The lowest BCUT2D eigenvalue weighted by molar-refractivity contribution is 0.0915. The molecule has 0 aliphatic rings. The summed E-state index contributed by atoms with van der Waals surface area (Å²) < 4.78 is 1.70. The number of fused-ring (bicyclic) bond motifs is 1. The van der Waals surface area contributed by atoms with Crippen molar-refractivity contribution in [3.63, 3.8) is 0 Å². The average molecular weight is 527 g/mol. The van der Waals surface area contributed by atoms with Gasteiger partial charge >= 0.3 is 0 Å². The van der Waals surface area contributed by atoms with Crippen molar-refractivity contribution in [2.24, 2.45) is 7.05 Å². The first kappa shape index (κ1) is 25.0. The number of amides is 3. The summed E-state index contributed by atoms with van der Waals surface area (Å²) in [5.74, 6) is -0.617. The Kier molecular flexibility index (Phi) is 6.56. The van der Waals surface area contributed by atoms with Crippen molar-refractivity contribution in [2.75, 3.05) is 10.6 Å². The predicted octanol–water partition coefficient (Wildman–Crippen LogP) is 5.13. The Morgan fingerprint density at radius 1 is 0.895 bits per heavy atom. The van der Waals surface area contributed by atoms with Gasteiger partial charge in [-0.15, -0.1) is 11.3 Å². The third-order valence-electron chi connectivity index (χ3n) is 6.23. The van der Waals surface area contributed by atoms with Gasteiger partial charge < -0.3 is 20.5 Å². The molecular weight excluding hydrogens is 500 g/mol. The molecule has 5 rings (SSSR count). The summed E-state index contributed by atoms with van der Waals surface area (Å²) in [6.07, 6.45) is 1.77. The van der Waals surface area contributed by atoms with Crippen molar-refractivity contribution in [2.45, 2.75) is 19.4 Å². The van der Waals surface area contributed by atoms with Crippen LogP contribution in [0.3, 0.4) is 0 Å². The second-order valence-corrected chi connectivity index (χ2v) is 10.4. The maximum absolute atomic E-state index is 13.2. The van der Waals surface area contributed by atoms with E-state index in [4.69, 9.17) is 0 Å². The van der Waals surface area contributed by atoms with Gasteiger partial charge in [0.2, 0.25) is 0 Å². The van der Waals surface area contributed by atoms with E-state index >= 15 is 0 Å². The number of nitrogens with zero attached hydrogens (tertiary/aromatic N) is 2. The van der Waals surface area contributed by atoms with Crippen LogP contribution in [0.1, 0.15) is 49.9 Å². The highest BCUT2D eigenvalue weighted by molar-refractivity contribution is 7.20. The number of aryl methyl sites for hydroxylation is 1. The molecular formula is C28H26N6O3S. The molecule has 0 bridgehead atoms. The van der Waals surface area contributed by atoms with E-state index in [2.05, 4.69) is 26.1 Å². The zero-order chi connectivity index (χ0) is 26.9. The third kappa shape index (κ3) is 4.94. The largest absolute Gasteiger partial charge is 0.347 e. The minimum Gasteiger partial charge on any atom is -0.347 e. The van der Waals surface area contributed by atoms with Gasteiger partial charge in [0.05, 0.1) is 27.1 Å². The van der Waals surface area contributed by atoms with Crippen molar-refractivity contribution in [1.29, 1.82) is 0 Å². The molecule has 3 amide bonds. The van der Waals surface area contributed by atoms with Crippen molar-refractivity contribution >= 4 is 50.8 Å². The molecule has 0 radical (unpaired) electrons. The van der Waals surface area contributed by atoms with Gasteiger partial charge in [-0.1, -0.05) is 42.5 Å². The first-order valence-corrected chi connectivity index (χ1v) is 12.7. The number of aromatic nitrogens is 3. The third-order valence-corrected chi connectivity index (χ3v) is 7.26. The van der Waals surface area contributed by atoms with Gasteiger partial charge in [0.25, 0.3) is 17.7 Å². The molecule has 2 aromatic carbocycles. The van der Waals surface area contributed by atoms with Gasteiger partial charge in [-0.2, -0.15) is 5.10 Å². The van der Waals surface area contributed by atoms with E-state index in [1.165, 1.54) is 11.3 Å². The number of para-hydroxylation sites is 1.